The number of aromatic nitrogens is 2. The molecule has 5 nitrogen and oxygen atoms in total. The summed E-state index contributed by atoms with van der Waals surface area (Å²) in [5, 5.41) is 3.31. The first-order valence-corrected chi connectivity index (χ1v) is 6.34. The van der Waals surface area contributed by atoms with Crippen LogP contribution in [0.1, 0.15) is 24.4 Å². The van der Waals surface area contributed by atoms with Crippen molar-refractivity contribution >= 4 is 11.7 Å². The lowest BCUT2D eigenvalue weighted by Crippen LogP contribution is -2.37. The maximum Gasteiger partial charge on any atom is 0.222 e. The van der Waals surface area contributed by atoms with E-state index in [1.165, 1.54) is 0 Å². The van der Waals surface area contributed by atoms with Crippen LogP contribution in [0.5, 0.6) is 0 Å². The molecule has 2 heterocycles. The van der Waals surface area contributed by atoms with E-state index in [1.54, 1.807) is 4.90 Å². The van der Waals surface area contributed by atoms with Crippen molar-refractivity contribution in [1.82, 2.24) is 14.9 Å². The summed E-state index contributed by atoms with van der Waals surface area (Å²) in [7, 11) is 1.86. The summed E-state index contributed by atoms with van der Waals surface area (Å²) < 4.78 is 0. The third-order valence-electron chi connectivity index (χ3n) is 3.30. The second-order valence-corrected chi connectivity index (χ2v) is 5.00. The molecule has 1 atom stereocenters. The molecule has 1 unspecified atom stereocenters. The summed E-state index contributed by atoms with van der Waals surface area (Å²) in [5.41, 5.74) is 0.962. The van der Waals surface area contributed by atoms with Gasteiger partial charge in [-0.05, 0) is 26.2 Å². The minimum absolute atomic E-state index is 0.239. The molecule has 0 radical (unpaired) electrons. The first-order chi connectivity index (χ1) is 8.54. The molecular formula is C13H20N4O. The van der Waals surface area contributed by atoms with Gasteiger partial charge in [-0.15, -0.1) is 0 Å². The van der Waals surface area contributed by atoms with Gasteiger partial charge in [0.1, 0.15) is 11.6 Å². The van der Waals surface area contributed by atoms with Gasteiger partial charge in [-0.25, -0.2) is 9.97 Å². The Hall–Kier alpha value is -1.65. The fraction of sp³-hybridized carbons (Fsp3) is 0.615. The van der Waals surface area contributed by atoms with E-state index in [0.717, 1.165) is 36.8 Å². The van der Waals surface area contributed by atoms with Crippen molar-refractivity contribution in [2.45, 2.75) is 26.7 Å². The Labute approximate surface area is 108 Å². The number of hydrogen-bond acceptors (Lipinski definition) is 4. The molecule has 0 spiro atoms. The predicted molar refractivity (Wildman–Crippen MR) is 70.4 cm³/mol. The number of nitrogens with one attached hydrogen (secondary N) is 1. The highest BCUT2D eigenvalue weighted by molar-refractivity contribution is 5.76. The lowest BCUT2D eigenvalue weighted by molar-refractivity contribution is -0.133. The first-order valence-electron chi connectivity index (χ1n) is 6.34. The van der Waals surface area contributed by atoms with Crippen molar-refractivity contribution in [3.05, 3.63) is 17.6 Å². The highest BCUT2D eigenvalue weighted by atomic mass is 16.2. The number of nitrogens with zero attached hydrogens (tertiary/aromatic N) is 3. The molecule has 1 fully saturated rings. The van der Waals surface area contributed by atoms with Gasteiger partial charge in [0.15, 0.2) is 0 Å². The monoisotopic (exact) mass is 248 g/mol. The fourth-order valence-electron chi connectivity index (χ4n) is 2.24. The summed E-state index contributed by atoms with van der Waals surface area (Å²) in [6.07, 6.45) is 1.69. The van der Waals surface area contributed by atoms with Crippen molar-refractivity contribution in [2.24, 2.45) is 5.92 Å². The SMILES string of the molecule is Cc1cc(NCC2CCN(C)C(=O)C2)nc(C)n1. The molecule has 1 aromatic heterocycles. The second kappa shape index (κ2) is 5.33. The average Bonchev–Trinajstić information content (AvgIpc) is 2.29. The van der Waals surface area contributed by atoms with E-state index in [1.807, 2.05) is 27.0 Å². The first kappa shape index (κ1) is 12.8. The number of carbonyl (C=O) groups is 1. The molecule has 1 aliphatic rings. The molecule has 5 heteroatoms. The van der Waals surface area contributed by atoms with Crippen molar-refractivity contribution in [3.63, 3.8) is 0 Å². The molecule has 18 heavy (non-hydrogen) atoms. The van der Waals surface area contributed by atoms with Gasteiger partial charge in [0.05, 0.1) is 0 Å². The zero-order valence-corrected chi connectivity index (χ0v) is 11.2. The van der Waals surface area contributed by atoms with Crippen molar-refractivity contribution < 1.29 is 4.79 Å². The molecule has 1 amide bonds. The van der Waals surface area contributed by atoms with E-state index >= 15 is 0 Å². The number of piperidine rings is 1. The van der Waals surface area contributed by atoms with Crippen molar-refractivity contribution in [2.75, 3.05) is 25.5 Å². The molecule has 0 saturated carbocycles. The van der Waals surface area contributed by atoms with E-state index < -0.39 is 0 Å². The third kappa shape index (κ3) is 3.18. The summed E-state index contributed by atoms with van der Waals surface area (Å²) in [5.74, 6) is 2.27. The maximum atomic E-state index is 11.6. The van der Waals surface area contributed by atoms with Gasteiger partial charge < -0.3 is 10.2 Å². The van der Waals surface area contributed by atoms with Crippen LogP contribution in [-0.4, -0.2) is 40.9 Å². The Morgan fingerprint density at radius 1 is 1.44 bits per heavy atom. The van der Waals surface area contributed by atoms with Crippen LogP contribution in [0.3, 0.4) is 0 Å². The Kier molecular flexibility index (Phi) is 3.79. The van der Waals surface area contributed by atoms with Crippen LogP contribution in [-0.2, 0) is 4.79 Å². The molecule has 1 saturated heterocycles. The number of likely N-dealkylation sites (tertiary alicyclic amines) is 1. The van der Waals surface area contributed by atoms with Crippen molar-refractivity contribution in [3.8, 4) is 0 Å². The summed E-state index contributed by atoms with van der Waals surface area (Å²) in [4.78, 5) is 22.0. The van der Waals surface area contributed by atoms with Crippen LogP contribution in [0.2, 0.25) is 0 Å². The third-order valence-corrected chi connectivity index (χ3v) is 3.30. The maximum absolute atomic E-state index is 11.6. The minimum Gasteiger partial charge on any atom is -0.370 e. The molecule has 2 rings (SSSR count). The van der Waals surface area contributed by atoms with E-state index in [9.17, 15) is 4.79 Å². The molecule has 0 aliphatic carbocycles. The molecule has 0 aromatic carbocycles. The van der Waals surface area contributed by atoms with Crippen LogP contribution in [0.15, 0.2) is 6.07 Å². The standard InChI is InChI=1S/C13H20N4O/c1-9-6-12(16-10(2)15-9)14-8-11-4-5-17(3)13(18)7-11/h6,11H,4-5,7-8H2,1-3H3,(H,14,15,16). The number of carbonyl (C=O) groups excluding carboxylic acids is 1. The smallest absolute Gasteiger partial charge is 0.222 e. The highest BCUT2D eigenvalue weighted by Crippen LogP contribution is 2.18. The number of anilines is 1. The van der Waals surface area contributed by atoms with Crippen LogP contribution in [0, 0.1) is 19.8 Å². The topological polar surface area (TPSA) is 58.1 Å². The molecule has 1 aromatic rings. The zero-order chi connectivity index (χ0) is 13.1. The van der Waals surface area contributed by atoms with Gasteiger partial charge in [-0.3, -0.25) is 4.79 Å². The van der Waals surface area contributed by atoms with Crippen LogP contribution < -0.4 is 5.32 Å². The number of aryl methyl sites for hydroxylation is 2. The largest absolute Gasteiger partial charge is 0.370 e. The van der Waals surface area contributed by atoms with Crippen LogP contribution in [0.25, 0.3) is 0 Å². The summed E-state index contributed by atoms with van der Waals surface area (Å²) >= 11 is 0. The van der Waals surface area contributed by atoms with Crippen LogP contribution in [0.4, 0.5) is 5.82 Å². The number of amides is 1. The molecule has 98 valence electrons. The number of rotatable bonds is 3. The lowest BCUT2D eigenvalue weighted by atomic mass is 9.96. The van der Waals surface area contributed by atoms with E-state index in [0.29, 0.717) is 12.3 Å². The average molecular weight is 248 g/mol. The highest BCUT2D eigenvalue weighted by Gasteiger charge is 2.22. The molecule has 1 N–H and O–H groups in total. The Bertz CT molecular complexity index is 426. The van der Waals surface area contributed by atoms with E-state index in [-0.39, 0.29) is 5.91 Å². The van der Waals surface area contributed by atoms with E-state index in [4.69, 9.17) is 0 Å². The van der Waals surface area contributed by atoms with Gasteiger partial charge >= 0.3 is 0 Å². The molecule has 1 aliphatic heterocycles. The molecule has 0 bridgehead atoms. The predicted octanol–water partition coefficient (Wildman–Crippen LogP) is 1.37. The minimum atomic E-state index is 0.239. The summed E-state index contributed by atoms with van der Waals surface area (Å²) in [6.45, 7) is 5.50. The van der Waals surface area contributed by atoms with Gasteiger partial charge in [-0.1, -0.05) is 0 Å². The Balaban J connectivity index is 1.90. The Morgan fingerprint density at radius 3 is 2.89 bits per heavy atom. The van der Waals surface area contributed by atoms with Crippen molar-refractivity contribution in [1.29, 1.82) is 0 Å². The Morgan fingerprint density at radius 2 is 2.22 bits per heavy atom. The second-order valence-electron chi connectivity index (χ2n) is 5.00. The molecular weight excluding hydrogens is 228 g/mol. The van der Waals surface area contributed by atoms with Crippen LogP contribution >= 0.6 is 0 Å². The van der Waals surface area contributed by atoms with E-state index in [2.05, 4.69) is 15.3 Å². The van der Waals surface area contributed by atoms with Gasteiger partial charge in [-0.2, -0.15) is 0 Å². The fourth-order valence-corrected chi connectivity index (χ4v) is 2.24. The number of hydrogen-bond donors (Lipinski definition) is 1. The zero-order valence-electron chi connectivity index (χ0n) is 11.2. The van der Waals surface area contributed by atoms with Gasteiger partial charge in [0.2, 0.25) is 5.91 Å². The normalized spacial score (nSPS) is 20.1. The lowest BCUT2D eigenvalue weighted by Gasteiger charge is -2.28. The van der Waals surface area contributed by atoms with Gasteiger partial charge in [0, 0.05) is 38.3 Å². The summed E-state index contributed by atoms with van der Waals surface area (Å²) in [6, 6.07) is 1.93. The quantitative estimate of drug-likeness (QED) is 0.878. The van der Waals surface area contributed by atoms with Gasteiger partial charge in [0.25, 0.3) is 0 Å².